The fourth-order valence-corrected chi connectivity index (χ4v) is 4.64. The third-order valence-corrected chi connectivity index (χ3v) is 6.76. The largest absolute Gasteiger partial charge is 0.494 e. The Morgan fingerprint density at radius 3 is 2.26 bits per heavy atom. The predicted octanol–water partition coefficient (Wildman–Crippen LogP) is 4.29. The van der Waals surface area contributed by atoms with E-state index in [0.717, 1.165) is 11.3 Å². The number of methoxy groups -OCH3 is 2. The van der Waals surface area contributed by atoms with Gasteiger partial charge in [-0.3, -0.25) is 14.3 Å². The Bertz CT molecular complexity index is 1400. The summed E-state index contributed by atoms with van der Waals surface area (Å²) in [6.07, 6.45) is 1.95. The van der Waals surface area contributed by atoms with Crippen molar-refractivity contribution in [2.75, 3.05) is 24.7 Å². The summed E-state index contributed by atoms with van der Waals surface area (Å²) in [7, 11) is -0.753. The summed E-state index contributed by atoms with van der Waals surface area (Å²) in [6.45, 7) is 1.87. The van der Waals surface area contributed by atoms with Crippen LogP contribution in [0.2, 0.25) is 5.02 Å². The van der Waals surface area contributed by atoms with E-state index in [-0.39, 0.29) is 11.7 Å². The SMILES string of the molecule is COc1cccc(OC)c1-n1c(NS(=O)(=O)CCc2ccc(Cl)cc2)nnc1-c1ccc(C)nc1. The number of halogens is 1. The van der Waals surface area contributed by atoms with Crippen LogP contribution in [0.25, 0.3) is 17.1 Å². The van der Waals surface area contributed by atoms with Crippen molar-refractivity contribution in [3.8, 4) is 28.6 Å². The highest BCUT2D eigenvalue weighted by Crippen LogP contribution is 2.37. The average Bonchev–Trinajstić information content (AvgIpc) is 3.25. The molecular formula is C24H24ClN5O4S. The molecule has 0 aliphatic heterocycles. The van der Waals surface area contributed by atoms with Crippen LogP contribution >= 0.6 is 11.6 Å². The Hall–Kier alpha value is -3.63. The first kappa shape index (κ1) is 24.5. The van der Waals surface area contributed by atoms with E-state index in [4.69, 9.17) is 21.1 Å². The molecule has 2 aromatic heterocycles. The topological polar surface area (TPSA) is 108 Å². The van der Waals surface area contributed by atoms with Crippen molar-refractivity contribution in [3.05, 3.63) is 77.1 Å². The van der Waals surface area contributed by atoms with Gasteiger partial charge in [0.05, 0.1) is 20.0 Å². The molecule has 2 heterocycles. The first-order valence-electron chi connectivity index (χ1n) is 10.7. The van der Waals surface area contributed by atoms with Gasteiger partial charge in [-0.15, -0.1) is 10.2 Å². The van der Waals surface area contributed by atoms with E-state index in [0.29, 0.717) is 40.0 Å². The number of nitrogens with one attached hydrogen (secondary N) is 1. The summed E-state index contributed by atoms with van der Waals surface area (Å²) < 4.78 is 41.3. The molecule has 0 unspecified atom stereocenters. The maximum Gasteiger partial charge on any atom is 0.243 e. The molecule has 4 aromatic rings. The quantitative estimate of drug-likeness (QED) is 0.355. The van der Waals surface area contributed by atoms with Crippen molar-refractivity contribution in [2.24, 2.45) is 0 Å². The van der Waals surface area contributed by atoms with Crippen molar-refractivity contribution < 1.29 is 17.9 Å². The minimum absolute atomic E-state index is 0.000480. The van der Waals surface area contributed by atoms with Crippen LogP contribution in [0.15, 0.2) is 60.8 Å². The molecule has 0 aliphatic rings. The molecule has 0 amide bonds. The number of rotatable bonds is 9. The molecule has 0 aliphatic carbocycles. The summed E-state index contributed by atoms with van der Waals surface area (Å²) in [5, 5.41) is 9.03. The molecule has 0 saturated heterocycles. The van der Waals surface area contributed by atoms with Crippen LogP contribution < -0.4 is 14.2 Å². The fourth-order valence-electron chi connectivity index (χ4n) is 3.49. The highest BCUT2D eigenvalue weighted by molar-refractivity contribution is 7.92. The number of anilines is 1. The highest BCUT2D eigenvalue weighted by Gasteiger charge is 2.25. The zero-order valence-corrected chi connectivity index (χ0v) is 21.0. The van der Waals surface area contributed by atoms with Gasteiger partial charge in [-0.05, 0) is 55.3 Å². The lowest BCUT2D eigenvalue weighted by atomic mass is 10.2. The van der Waals surface area contributed by atoms with Gasteiger partial charge in [0.25, 0.3) is 0 Å². The molecule has 9 nitrogen and oxygen atoms in total. The number of ether oxygens (including phenoxy) is 2. The lowest BCUT2D eigenvalue weighted by molar-refractivity contribution is 0.391. The van der Waals surface area contributed by atoms with Gasteiger partial charge >= 0.3 is 0 Å². The normalized spacial score (nSPS) is 11.3. The third-order valence-electron chi connectivity index (χ3n) is 5.28. The van der Waals surface area contributed by atoms with Crippen molar-refractivity contribution in [1.29, 1.82) is 0 Å². The van der Waals surface area contributed by atoms with Crippen molar-refractivity contribution >= 4 is 27.6 Å². The number of para-hydroxylation sites is 1. The van der Waals surface area contributed by atoms with Crippen LogP contribution in [0.4, 0.5) is 5.95 Å². The van der Waals surface area contributed by atoms with Gasteiger partial charge in [0.2, 0.25) is 16.0 Å². The Morgan fingerprint density at radius 2 is 1.66 bits per heavy atom. The molecule has 0 saturated carbocycles. The van der Waals surface area contributed by atoms with Crippen LogP contribution in [0.5, 0.6) is 11.5 Å². The molecule has 2 aromatic carbocycles. The van der Waals surface area contributed by atoms with Gasteiger partial charge in [-0.2, -0.15) is 0 Å². The lowest BCUT2D eigenvalue weighted by Crippen LogP contribution is -2.21. The predicted molar refractivity (Wildman–Crippen MR) is 135 cm³/mol. The van der Waals surface area contributed by atoms with E-state index in [1.54, 1.807) is 53.2 Å². The number of hydrogen-bond acceptors (Lipinski definition) is 7. The van der Waals surface area contributed by atoms with E-state index in [9.17, 15) is 8.42 Å². The number of hydrogen-bond donors (Lipinski definition) is 1. The molecule has 0 atom stereocenters. The van der Waals surface area contributed by atoms with Crippen LogP contribution in [0.3, 0.4) is 0 Å². The van der Waals surface area contributed by atoms with Gasteiger partial charge in [-0.1, -0.05) is 29.8 Å². The second-order valence-electron chi connectivity index (χ2n) is 7.68. The van der Waals surface area contributed by atoms with Gasteiger partial charge in [0.1, 0.15) is 17.2 Å². The molecule has 0 fully saturated rings. The lowest BCUT2D eigenvalue weighted by Gasteiger charge is -2.17. The van der Waals surface area contributed by atoms with E-state index >= 15 is 0 Å². The minimum Gasteiger partial charge on any atom is -0.494 e. The Morgan fingerprint density at radius 1 is 0.971 bits per heavy atom. The molecule has 4 rings (SSSR count). The first-order valence-corrected chi connectivity index (χ1v) is 12.7. The number of nitrogens with zero attached hydrogens (tertiary/aromatic N) is 4. The van der Waals surface area contributed by atoms with E-state index in [2.05, 4.69) is 19.9 Å². The molecule has 182 valence electrons. The summed E-state index contributed by atoms with van der Waals surface area (Å²) in [5.74, 6) is 1.11. The molecule has 1 N–H and O–H groups in total. The van der Waals surface area contributed by atoms with E-state index in [1.165, 1.54) is 14.2 Å². The number of aromatic nitrogens is 4. The molecule has 0 radical (unpaired) electrons. The Kier molecular flexibility index (Phi) is 7.23. The summed E-state index contributed by atoms with van der Waals surface area (Å²) >= 11 is 5.92. The van der Waals surface area contributed by atoms with Gasteiger partial charge in [0.15, 0.2) is 5.82 Å². The van der Waals surface area contributed by atoms with Crippen molar-refractivity contribution in [1.82, 2.24) is 19.7 Å². The first-order chi connectivity index (χ1) is 16.8. The monoisotopic (exact) mass is 513 g/mol. The second kappa shape index (κ2) is 10.3. The summed E-state index contributed by atoms with van der Waals surface area (Å²) in [4.78, 5) is 4.34. The molecule has 11 heteroatoms. The maximum absolute atomic E-state index is 13.0. The zero-order valence-electron chi connectivity index (χ0n) is 19.4. The Labute approximate surface area is 208 Å². The number of sulfonamides is 1. The van der Waals surface area contributed by atoms with Gasteiger partial charge in [0, 0.05) is 22.5 Å². The fraction of sp³-hybridized carbons (Fsp3) is 0.208. The van der Waals surface area contributed by atoms with Gasteiger partial charge < -0.3 is 9.47 Å². The zero-order chi connectivity index (χ0) is 25.0. The van der Waals surface area contributed by atoms with Crippen LogP contribution in [-0.4, -0.2) is 48.1 Å². The van der Waals surface area contributed by atoms with Crippen LogP contribution in [0, 0.1) is 6.92 Å². The maximum atomic E-state index is 13.0. The summed E-state index contributed by atoms with van der Waals surface area (Å²) in [6, 6.07) is 16.0. The highest BCUT2D eigenvalue weighted by atomic mass is 35.5. The molecule has 35 heavy (non-hydrogen) atoms. The van der Waals surface area contributed by atoms with E-state index in [1.807, 2.05) is 19.1 Å². The molecular weight excluding hydrogens is 490 g/mol. The number of aryl methyl sites for hydroxylation is 2. The minimum atomic E-state index is -3.79. The van der Waals surface area contributed by atoms with Crippen LogP contribution in [-0.2, 0) is 16.4 Å². The molecule has 0 spiro atoms. The Balaban J connectivity index is 1.77. The third kappa shape index (κ3) is 5.55. The standard InChI is InChI=1S/C24H24ClN5O4S/c1-16-7-10-18(15-26-16)23-27-28-24(30(23)22-20(33-2)5-4-6-21(22)34-3)29-35(31,32)14-13-17-8-11-19(25)12-9-17/h4-12,15H,13-14H2,1-3H3,(H,28,29). The van der Waals surface area contributed by atoms with E-state index < -0.39 is 10.0 Å². The number of pyridine rings is 1. The van der Waals surface area contributed by atoms with Gasteiger partial charge in [-0.25, -0.2) is 8.42 Å². The number of benzene rings is 2. The average molecular weight is 514 g/mol. The smallest absolute Gasteiger partial charge is 0.243 e. The molecule has 0 bridgehead atoms. The second-order valence-corrected chi connectivity index (χ2v) is 9.96. The van der Waals surface area contributed by atoms with Crippen molar-refractivity contribution in [3.63, 3.8) is 0 Å². The summed E-state index contributed by atoms with van der Waals surface area (Å²) in [5.41, 5.74) is 2.77. The van der Waals surface area contributed by atoms with Crippen LogP contribution in [0.1, 0.15) is 11.3 Å². The van der Waals surface area contributed by atoms with Crippen molar-refractivity contribution in [2.45, 2.75) is 13.3 Å².